The summed E-state index contributed by atoms with van der Waals surface area (Å²) in [5, 5.41) is 1.12. The molecule has 3 nitrogen and oxygen atoms in total. The maximum atomic E-state index is 5.49. The highest BCUT2D eigenvalue weighted by molar-refractivity contribution is 5.87. The predicted octanol–water partition coefficient (Wildman–Crippen LogP) is 5.26. The van der Waals surface area contributed by atoms with Crippen LogP contribution < -0.4 is 9.64 Å². The number of methoxy groups -OCH3 is 1. The Morgan fingerprint density at radius 3 is 2.56 bits per heavy atom. The van der Waals surface area contributed by atoms with Crippen LogP contribution in [0.15, 0.2) is 60.3 Å². The van der Waals surface area contributed by atoms with E-state index in [1.54, 1.807) is 7.11 Å². The number of anilines is 1. The standard InChI is InChI=1S/C22H22N2O/c1-15(2)20-13-19-17(14-24(20)18-9-5-4-6-10-18)12-16-8-7-11-21(25-3)22(16)23-19/h4-13,15H,14H2,1-3H3. The normalized spacial score (nSPS) is 13.8. The highest BCUT2D eigenvalue weighted by atomic mass is 16.5. The van der Waals surface area contributed by atoms with Crippen LogP contribution >= 0.6 is 0 Å². The number of pyridine rings is 1. The van der Waals surface area contributed by atoms with Crippen molar-refractivity contribution < 1.29 is 4.74 Å². The van der Waals surface area contributed by atoms with Crippen LogP contribution in [-0.4, -0.2) is 12.1 Å². The molecule has 0 radical (unpaired) electrons. The van der Waals surface area contributed by atoms with Crippen molar-refractivity contribution in [3.8, 4) is 5.75 Å². The zero-order chi connectivity index (χ0) is 17.4. The number of allylic oxidation sites excluding steroid dienone is 1. The van der Waals surface area contributed by atoms with Crippen molar-refractivity contribution in [1.82, 2.24) is 4.98 Å². The van der Waals surface area contributed by atoms with E-state index in [9.17, 15) is 0 Å². The Balaban J connectivity index is 1.88. The molecule has 4 rings (SSSR count). The third-order valence-corrected chi connectivity index (χ3v) is 4.73. The molecule has 1 aromatic heterocycles. The van der Waals surface area contributed by atoms with Crippen LogP contribution in [0.5, 0.6) is 5.75 Å². The first-order valence-electron chi connectivity index (χ1n) is 8.68. The molecule has 0 bridgehead atoms. The van der Waals surface area contributed by atoms with Gasteiger partial charge in [0.05, 0.1) is 12.8 Å². The Labute approximate surface area is 148 Å². The Bertz CT molecular complexity index is 945. The molecule has 0 unspecified atom stereocenters. The first-order valence-corrected chi connectivity index (χ1v) is 8.68. The van der Waals surface area contributed by atoms with Gasteiger partial charge in [0.1, 0.15) is 11.3 Å². The first kappa shape index (κ1) is 15.7. The molecule has 0 N–H and O–H groups in total. The lowest BCUT2D eigenvalue weighted by atomic mass is 9.98. The van der Waals surface area contributed by atoms with Crippen molar-refractivity contribution in [3.05, 3.63) is 71.6 Å². The van der Waals surface area contributed by atoms with Gasteiger partial charge in [-0.3, -0.25) is 0 Å². The average molecular weight is 330 g/mol. The largest absolute Gasteiger partial charge is 0.494 e. The third-order valence-electron chi connectivity index (χ3n) is 4.73. The van der Waals surface area contributed by atoms with Gasteiger partial charge in [0, 0.05) is 23.3 Å². The molecule has 0 atom stereocenters. The summed E-state index contributed by atoms with van der Waals surface area (Å²) in [7, 11) is 1.70. The van der Waals surface area contributed by atoms with Gasteiger partial charge in [-0.25, -0.2) is 4.98 Å². The lowest BCUT2D eigenvalue weighted by Crippen LogP contribution is -2.28. The molecule has 2 heterocycles. The summed E-state index contributed by atoms with van der Waals surface area (Å²) in [4.78, 5) is 7.31. The fraction of sp³-hybridized carbons (Fsp3) is 0.227. The van der Waals surface area contributed by atoms with Gasteiger partial charge in [-0.2, -0.15) is 0 Å². The summed E-state index contributed by atoms with van der Waals surface area (Å²) in [5.41, 5.74) is 5.73. The van der Waals surface area contributed by atoms with Gasteiger partial charge in [-0.05, 0) is 41.8 Å². The van der Waals surface area contributed by atoms with Gasteiger partial charge in [-0.15, -0.1) is 0 Å². The van der Waals surface area contributed by atoms with Crippen LogP contribution in [0.4, 0.5) is 5.69 Å². The SMILES string of the molecule is COc1cccc2cc3c(nc12)C=C(C(C)C)N(c1ccccc1)C3. The number of fused-ring (bicyclic) bond motifs is 2. The molecule has 1 aliphatic rings. The number of para-hydroxylation sites is 2. The van der Waals surface area contributed by atoms with E-state index in [2.05, 4.69) is 67.3 Å². The van der Waals surface area contributed by atoms with Crippen molar-refractivity contribution >= 4 is 22.7 Å². The van der Waals surface area contributed by atoms with E-state index in [4.69, 9.17) is 9.72 Å². The second-order valence-electron chi connectivity index (χ2n) is 6.71. The maximum Gasteiger partial charge on any atom is 0.145 e. The van der Waals surface area contributed by atoms with E-state index >= 15 is 0 Å². The van der Waals surface area contributed by atoms with E-state index in [-0.39, 0.29) is 0 Å². The molecule has 0 aliphatic carbocycles. The van der Waals surface area contributed by atoms with Gasteiger partial charge >= 0.3 is 0 Å². The maximum absolute atomic E-state index is 5.49. The van der Waals surface area contributed by atoms with Crippen molar-refractivity contribution in [1.29, 1.82) is 0 Å². The summed E-state index contributed by atoms with van der Waals surface area (Å²) in [5.74, 6) is 1.24. The molecular formula is C22H22N2O. The molecule has 25 heavy (non-hydrogen) atoms. The molecule has 3 heteroatoms. The molecule has 126 valence electrons. The highest BCUT2D eigenvalue weighted by Gasteiger charge is 2.23. The molecule has 1 aliphatic heterocycles. The Morgan fingerprint density at radius 2 is 1.84 bits per heavy atom. The zero-order valence-electron chi connectivity index (χ0n) is 14.9. The highest BCUT2D eigenvalue weighted by Crippen LogP contribution is 2.35. The van der Waals surface area contributed by atoms with Crippen molar-refractivity contribution in [2.45, 2.75) is 20.4 Å². The van der Waals surface area contributed by atoms with Gasteiger partial charge in [0.2, 0.25) is 0 Å². The number of nitrogens with zero attached hydrogens (tertiary/aromatic N) is 2. The monoisotopic (exact) mass is 330 g/mol. The fourth-order valence-corrected chi connectivity index (χ4v) is 3.45. The molecule has 0 fully saturated rings. The Kier molecular flexibility index (Phi) is 3.92. The van der Waals surface area contributed by atoms with Gasteiger partial charge in [0.25, 0.3) is 0 Å². The van der Waals surface area contributed by atoms with E-state index < -0.39 is 0 Å². The summed E-state index contributed by atoms with van der Waals surface area (Å²) < 4.78 is 5.49. The molecule has 2 aromatic carbocycles. The Morgan fingerprint density at radius 1 is 1.04 bits per heavy atom. The van der Waals surface area contributed by atoms with Crippen LogP contribution in [0, 0.1) is 5.92 Å². The quantitative estimate of drug-likeness (QED) is 0.655. The smallest absolute Gasteiger partial charge is 0.145 e. The van der Waals surface area contributed by atoms with Crippen LogP contribution in [0.1, 0.15) is 25.1 Å². The minimum atomic E-state index is 0.420. The topological polar surface area (TPSA) is 25.4 Å². The van der Waals surface area contributed by atoms with Crippen molar-refractivity contribution in [3.63, 3.8) is 0 Å². The van der Waals surface area contributed by atoms with E-state index in [1.807, 2.05) is 12.1 Å². The number of rotatable bonds is 3. The fourth-order valence-electron chi connectivity index (χ4n) is 3.45. The number of benzene rings is 2. The molecule has 3 aromatic rings. The molecule has 0 saturated carbocycles. The molecular weight excluding hydrogens is 308 g/mol. The minimum Gasteiger partial charge on any atom is -0.494 e. The van der Waals surface area contributed by atoms with Gasteiger partial charge in [0.15, 0.2) is 0 Å². The summed E-state index contributed by atoms with van der Waals surface area (Å²) in [6.07, 6.45) is 2.22. The average Bonchev–Trinajstić information content (AvgIpc) is 2.65. The number of ether oxygens (including phenoxy) is 1. The van der Waals surface area contributed by atoms with Gasteiger partial charge in [-0.1, -0.05) is 44.2 Å². The minimum absolute atomic E-state index is 0.420. The predicted molar refractivity (Wildman–Crippen MR) is 104 cm³/mol. The number of hydrogen-bond donors (Lipinski definition) is 0. The number of aromatic nitrogens is 1. The zero-order valence-corrected chi connectivity index (χ0v) is 14.9. The second kappa shape index (κ2) is 6.25. The van der Waals surface area contributed by atoms with Crippen molar-refractivity contribution in [2.24, 2.45) is 5.92 Å². The van der Waals surface area contributed by atoms with E-state index in [0.29, 0.717) is 5.92 Å². The molecule has 0 spiro atoms. The Hall–Kier alpha value is -2.81. The van der Waals surface area contributed by atoms with Crippen LogP contribution in [0.2, 0.25) is 0 Å². The van der Waals surface area contributed by atoms with E-state index in [0.717, 1.165) is 28.9 Å². The second-order valence-corrected chi connectivity index (χ2v) is 6.71. The molecule has 0 amide bonds. The van der Waals surface area contributed by atoms with Crippen LogP contribution in [-0.2, 0) is 6.54 Å². The van der Waals surface area contributed by atoms with Crippen LogP contribution in [0.25, 0.3) is 17.0 Å². The summed E-state index contributed by atoms with van der Waals surface area (Å²) in [6, 6.07) is 18.9. The van der Waals surface area contributed by atoms with Crippen LogP contribution in [0.3, 0.4) is 0 Å². The lowest BCUT2D eigenvalue weighted by Gasteiger charge is -2.34. The van der Waals surface area contributed by atoms with E-state index in [1.165, 1.54) is 16.9 Å². The summed E-state index contributed by atoms with van der Waals surface area (Å²) >= 11 is 0. The van der Waals surface area contributed by atoms with Crippen molar-refractivity contribution in [2.75, 3.05) is 12.0 Å². The lowest BCUT2D eigenvalue weighted by molar-refractivity contribution is 0.419. The molecule has 0 saturated heterocycles. The first-order chi connectivity index (χ1) is 12.2. The third kappa shape index (κ3) is 2.76. The number of hydrogen-bond acceptors (Lipinski definition) is 3. The summed E-state index contributed by atoms with van der Waals surface area (Å²) in [6.45, 7) is 5.30. The van der Waals surface area contributed by atoms with Gasteiger partial charge < -0.3 is 9.64 Å².